The lowest BCUT2D eigenvalue weighted by molar-refractivity contribution is 0.392. The lowest BCUT2D eigenvalue weighted by Crippen LogP contribution is -2.17. The summed E-state index contributed by atoms with van der Waals surface area (Å²) in [5.41, 5.74) is 3.87. The lowest BCUT2D eigenvalue weighted by atomic mass is 9.99. The topological polar surface area (TPSA) is 46.5 Å². The van der Waals surface area contributed by atoms with E-state index in [0.717, 1.165) is 23.1 Å². The maximum Gasteiger partial charge on any atom is 0.408 e. The van der Waals surface area contributed by atoms with Gasteiger partial charge in [-0.15, -0.1) is 0 Å². The summed E-state index contributed by atoms with van der Waals surface area (Å²) in [7, 11) is -3.81. The standard InChI is InChI=1S/C19H15O3P/c20-23(21)19-9-5-4-8-17(19)16-11-10-15(13-18(16)22-23)12-14-6-2-1-3-7-14/h1-11,13H,12H2,(H,20,21). The first-order chi connectivity index (χ1) is 11.1. The summed E-state index contributed by atoms with van der Waals surface area (Å²) in [5.74, 6) is 0.475. The van der Waals surface area contributed by atoms with Gasteiger partial charge in [0.05, 0.1) is 5.30 Å². The fourth-order valence-electron chi connectivity index (χ4n) is 2.94. The minimum atomic E-state index is -3.81. The molecule has 1 heterocycles. The first-order valence-electron chi connectivity index (χ1n) is 7.43. The molecule has 0 radical (unpaired) electrons. The zero-order valence-electron chi connectivity index (χ0n) is 12.3. The van der Waals surface area contributed by atoms with Gasteiger partial charge in [-0.2, -0.15) is 0 Å². The van der Waals surface area contributed by atoms with Gasteiger partial charge in [0.2, 0.25) is 0 Å². The second-order valence-electron chi connectivity index (χ2n) is 5.62. The zero-order chi connectivity index (χ0) is 15.9. The fraction of sp³-hybridized carbons (Fsp3) is 0.0526. The third-order valence-electron chi connectivity index (χ3n) is 4.02. The van der Waals surface area contributed by atoms with Crippen molar-refractivity contribution in [2.75, 3.05) is 0 Å². The van der Waals surface area contributed by atoms with Crippen LogP contribution in [0.2, 0.25) is 0 Å². The molecule has 0 amide bonds. The number of rotatable bonds is 2. The Bertz CT molecular complexity index is 919. The van der Waals surface area contributed by atoms with Crippen LogP contribution in [0.4, 0.5) is 0 Å². The number of benzene rings is 3. The van der Waals surface area contributed by atoms with Crippen molar-refractivity contribution < 1.29 is 14.0 Å². The Morgan fingerprint density at radius 3 is 2.39 bits per heavy atom. The van der Waals surface area contributed by atoms with E-state index >= 15 is 0 Å². The van der Waals surface area contributed by atoms with E-state index in [1.165, 1.54) is 5.56 Å². The molecule has 0 aromatic heterocycles. The Hall–Kier alpha value is -2.35. The second kappa shape index (κ2) is 5.38. The number of hydrogen-bond donors (Lipinski definition) is 1. The van der Waals surface area contributed by atoms with Crippen molar-refractivity contribution in [3.8, 4) is 16.9 Å². The fourth-order valence-corrected chi connectivity index (χ4v) is 4.23. The van der Waals surface area contributed by atoms with Crippen molar-refractivity contribution >= 4 is 12.9 Å². The summed E-state index contributed by atoms with van der Waals surface area (Å²) in [4.78, 5) is 10.2. The van der Waals surface area contributed by atoms with E-state index in [0.29, 0.717) is 11.1 Å². The molecule has 3 aromatic rings. The highest BCUT2D eigenvalue weighted by Crippen LogP contribution is 2.51. The van der Waals surface area contributed by atoms with Crippen LogP contribution in [-0.4, -0.2) is 4.89 Å². The van der Waals surface area contributed by atoms with Gasteiger partial charge in [-0.05, 0) is 29.7 Å². The molecule has 4 heteroatoms. The van der Waals surface area contributed by atoms with Crippen LogP contribution in [0.5, 0.6) is 5.75 Å². The number of fused-ring (bicyclic) bond motifs is 3. The van der Waals surface area contributed by atoms with Crippen molar-refractivity contribution in [1.29, 1.82) is 0 Å². The van der Waals surface area contributed by atoms with E-state index in [1.807, 2.05) is 48.5 Å². The quantitative estimate of drug-likeness (QED) is 0.721. The maximum atomic E-state index is 12.4. The van der Waals surface area contributed by atoms with Gasteiger partial charge >= 0.3 is 7.60 Å². The van der Waals surface area contributed by atoms with Gasteiger partial charge in [-0.3, -0.25) is 0 Å². The molecule has 4 rings (SSSR count). The zero-order valence-corrected chi connectivity index (χ0v) is 13.2. The highest BCUT2D eigenvalue weighted by Gasteiger charge is 2.34. The van der Waals surface area contributed by atoms with Crippen LogP contribution in [0, 0.1) is 0 Å². The van der Waals surface area contributed by atoms with Crippen LogP contribution in [0.1, 0.15) is 11.1 Å². The van der Waals surface area contributed by atoms with Crippen molar-refractivity contribution in [3.63, 3.8) is 0 Å². The molecule has 23 heavy (non-hydrogen) atoms. The van der Waals surface area contributed by atoms with Crippen molar-refractivity contribution in [2.45, 2.75) is 6.42 Å². The van der Waals surface area contributed by atoms with E-state index < -0.39 is 7.60 Å². The Morgan fingerprint density at radius 2 is 1.57 bits per heavy atom. The number of hydrogen-bond acceptors (Lipinski definition) is 2. The molecule has 1 N–H and O–H groups in total. The lowest BCUT2D eigenvalue weighted by Gasteiger charge is -2.25. The second-order valence-corrected chi connectivity index (χ2v) is 7.33. The average Bonchev–Trinajstić information content (AvgIpc) is 2.55. The highest BCUT2D eigenvalue weighted by atomic mass is 31.2. The molecule has 1 atom stereocenters. The SMILES string of the molecule is O=P1(O)Oc2cc(Cc3ccccc3)ccc2-c2ccccc21. The van der Waals surface area contributed by atoms with Gasteiger partial charge in [0.15, 0.2) is 0 Å². The molecule has 0 saturated heterocycles. The normalized spacial score (nSPS) is 18.7. The monoisotopic (exact) mass is 322 g/mol. The van der Waals surface area contributed by atoms with Crippen LogP contribution in [-0.2, 0) is 11.0 Å². The van der Waals surface area contributed by atoms with E-state index in [1.54, 1.807) is 12.1 Å². The molecule has 1 aliphatic rings. The van der Waals surface area contributed by atoms with Crippen LogP contribution in [0.25, 0.3) is 11.1 Å². The molecule has 3 nitrogen and oxygen atoms in total. The van der Waals surface area contributed by atoms with Crippen molar-refractivity contribution in [3.05, 3.63) is 83.9 Å². The molecular weight excluding hydrogens is 307 g/mol. The van der Waals surface area contributed by atoms with Gasteiger partial charge < -0.3 is 9.42 Å². The van der Waals surface area contributed by atoms with Gasteiger partial charge in [0.25, 0.3) is 0 Å². The molecular formula is C19H15O3P. The summed E-state index contributed by atoms with van der Waals surface area (Å²) >= 11 is 0. The predicted molar refractivity (Wildman–Crippen MR) is 91.2 cm³/mol. The van der Waals surface area contributed by atoms with Crippen LogP contribution >= 0.6 is 7.60 Å². The molecule has 1 unspecified atom stereocenters. The third-order valence-corrected chi connectivity index (χ3v) is 5.46. The maximum absolute atomic E-state index is 12.4. The molecule has 114 valence electrons. The minimum absolute atomic E-state index is 0.364. The van der Waals surface area contributed by atoms with E-state index in [4.69, 9.17) is 4.52 Å². The average molecular weight is 322 g/mol. The molecule has 0 spiro atoms. The Balaban J connectivity index is 1.78. The molecule has 0 fully saturated rings. The molecule has 3 aromatic carbocycles. The minimum Gasteiger partial charge on any atom is -0.421 e. The van der Waals surface area contributed by atoms with E-state index in [2.05, 4.69) is 12.1 Å². The first-order valence-corrected chi connectivity index (χ1v) is 9.00. The van der Waals surface area contributed by atoms with Crippen LogP contribution in [0.3, 0.4) is 0 Å². The summed E-state index contributed by atoms with van der Waals surface area (Å²) in [6, 6.07) is 23.1. The highest BCUT2D eigenvalue weighted by molar-refractivity contribution is 7.62. The Kier molecular flexibility index (Phi) is 3.33. The van der Waals surface area contributed by atoms with Gasteiger partial charge in [0, 0.05) is 11.1 Å². The van der Waals surface area contributed by atoms with Gasteiger partial charge in [-0.25, -0.2) is 4.57 Å². The van der Waals surface area contributed by atoms with Gasteiger partial charge in [-0.1, -0.05) is 60.7 Å². The summed E-state index contributed by atoms with van der Waals surface area (Å²) in [6.45, 7) is 0. The van der Waals surface area contributed by atoms with Crippen molar-refractivity contribution in [1.82, 2.24) is 0 Å². The summed E-state index contributed by atoms with van der Waals surface area (Å²) in [6.07, 6.45) is 0.759. The smallest absolute Gasteiger partial charge is 0.408 e. The van der Waals surface area contributed by atoms with Crippen LogP contribution in [0.15, 0.2) is 72.8 Å². The Morgan fingerprint density at radius 1 is 0.826 bits per heavy atom. The predicted octanol–water partition coefficient (Wildman–Crippen LogP) is 4.15. The molecule has 1 aliphatic heterocycles. The Labute approximate surface area is 134 Å². The summed E-state index contributed by atoms with van der Waals surface area (Å²) < 4.78 is 17.9. The van der Waals surface area contributed by atoms with Crippen molar-refractivity contribution in [2.24, 2.45) is 0 Å². The third kappa shape index (κ3) is 2.59. The van der Waals surface area contributed by atoms with E-state index in [-0.39, 0.29) is 0 Å². The van der Waals surface area contributed by atoms with Crippen LogP contribution < -0.4 is 9.83 Å². The molecule has 0 aliphatic carbocycles. The molecule has 0 bridgehead atoms. The van der Waals surface area contributed by atoms with Gasteiger partial charge in [0.1, 0.15) is 5.75 Å². The largest absolute Gasteiger partial charge is 0.421 e. The first kappa shape index (κ1) is 14.3. The van der Waals surface area contributed by atoms with E-state index in [9.17, 15) is 9.46 Å². The summed E-state index contributed by atoms with van der Waals surface area (Å²) in [5, 5.41) is 0.364. The molecule has 0 saturated carbocycles.